The quantitative estimate of drug-likeness (QED) is 0.245. The molecule has 9 heteroatoms. The summed E-state index contributed by atoms with van der Waals surface area (Å²) in [5, 5.41) is 8.13. The number of nitrogens with one attached hydrogen (secondary N) is 3. The molecule has 1 atom stereocenters. The molecular weight excluding hydrogens is 484 g/mol. The SMILES string of the molecule is C[C@H](NC(=O)CCOCCOCCOCCNC(=O)CCc1ccc2c(c1)[nH]c1ccncc12)C(C)(C)C. The van der Waals surface area contributed by atoms with Gasteiger partial charge in [-0.1, -0.05) is 32.9 Å². The van der Waals surface area contributed by atoms with E-state index in [-0.39, 0.29) is 23.3 Å². The molecule has 2 amide bonds. The van der Waals surface area contributed by atoms with Gasteiger partial charge in [-0.2, -0.15) is 0 Å². The summed E-state index contributed by atoms with van der Waals surface area (Å²) in [7, 11) is 0. The van der Waals surface area contributed by atoms with E-state index in [0.29, 0.717) is 65.4 Å². The van der Waals surface area contributed by atoms with Crippen LogP contribution in [-0.2, 0) is 30.2 Å². The molecule has 0 spiro atoms. The summed E-state index contributed by atoms with van der Waals surface area (Å²) in [5.74, 6) is 0.00291. The Morgan fingerprint density at radius 2 is 1.61 bits per heavy atom. The lowest BCUT2D eigenvalue weighted by atomic mass is 9.88. The zero-order valence-electron chi connectivity index (χ0n) is 23.1. The molecule has 0 aliphatic rings. The Kier molecular flexibility index (Phi) is 11.5. The highest BCUT2D eigenvalue weighted by Crippen LogP contribution is 2.25. The maximum absolute atomic E-state index is 12.2. The van der Waals surface area contributed by atoms with Crippen molar-refractivity contribution in [3.63, 3.8) is 0 Å². The number of fused-ring (bicyclic) bond motifs is 3. The molecule has 1 aromatic carbocycles. The molecule has 0 fully saturated rings. The standard InChI is InChI=1S/C29H42N4O5/c1-21(29(2,3)4)32-28(35)10-13-36-15-17-38-18-16-37-14-12-31-27(34)8-6-22-5-7-23-24-20-30-11-9-25(24)33-26(23)19-22/h5,7,9,11,19-21,33H,6,8,10,12-18H2,1-4H3,(H,31,34)(H,32,35)/t21-/m0/s1. The van der Waals surface area contributed by atoms with E-state index in [4.69, 9.17) is 14.2 Å². The lowest BCUT2D eigenvalue weighted by Crippen LogP contribution is -2.41. The molecule has 0 saturated heterocycles. The lowest BCUT2D eigenvalue weighted by Gasteiger charge is -2.28. The number of amides is 2. The van der Waals surface area contributed by atoms with Crippen molar-refractivity contribution < 1.29 is 23.8 Å². The van der Waals surface area contributed by atoms with Gasteiger partial charge in [0.1, 0.15) is 0 Å². The topological polar surface area (TPSA) is 115 Å². The van der Waals surface area contributed by atoms with Crippen molar-refractivity contribution in [2.75, 3.05) is 46.2 Å². The number of hydrogen-bond acceptors (Lipinski definition) is 6. The second-order valence-electron chi connectivity index (χ2n) is 10.5. The molecule has 208 valence electrons. The van der Waals surface area contributed by atoms with E-state index < -0.39 is 0 Å². The van der Waals surface area contributed by atoms with Crippen molar-refractivity contribution in [2.24, 2.45) is 5.41 Å². The minimum Gasteiger partial charge on any atom is -0.379 e. The van der Waals surface area contributed by atoms with E-state index in [1.165, 1.54) is 0 Å². The maximum Gasteiger partial charge on any atom is 0.222 e. The van der Waals surface area contributed by atoms with Gasteiger partial charge in [0.25, 0.3) is 0 Å². The monoisotopic (exact) mass is 526 g/mol. The molecule has 3 aromatic rings. The van der Waals surface area contributed by atoms with E-state index in [1.807, 2.05) is 19.2 Å². The molecule has 0 bridgehead atoms. The van der Waals surface area contributed by atoms with Crippen LogP contribution >= 0.6 is 0 Å². The van der Waals surface area contributed by atoms with Crippen LogP contribution in [0.3, 0.4) is 0 Å². The van der Waals surface area contributed by atoms with Crippen LogP contribution in [0.2, 0.25) is 0 Å². The Balaban J connectivity index is 1.15. The molecule has 9 nitrogen and oxygen atoms in total. The van der Waals surface area contributed by atoms with E-state index >= 15 is 0 Å². The number of aromatic nitrogens is 2. The van der Waals surface area contributed by atoms with Gasteiger partial charge in [-0.25, -0.2) is 0 Å². The van der Waals surface area contributed by atoms with Gasteiger partial charge in [0.15, 0.2) is 0 Å². The Bertz CT molecular complexity index is 1170. The highest BCUT2D eigenvalue weighted by Gasteiger charge is 2.21. The number of pyridine rings is 1. The van der Waals surface area contributed by atoms with Crippen molar-refractivity contribution >= 4 is 33.6 Å². The van der Waals surface area contributed by atoms with Crippen LogP contribution in [0.25, 0.3) is 21.8 Å². The summed E-state index contributed by atoms with van der Waals surface area (Å²) < 4.78 is 16.4. The number of aryl methyl sites for hydroxylation is 1. The average Bonchev–Trinajstić information content (AvgIpc) is 3.25. The molecule has 0 saturated carbocycles. The first-order valence-corrected chi connectivity index (χ1v) is 13.4. The molecule has 3 N–H and O–H groups in total. The van der Waals surface area contributed by atoms with Gasteiger partial charge < -0.3 is 29.8 Å². The highest BCUT2D eigenvalue weighted by molar-refractivity contribution is 6.06. The fraction of sp³-hybridized carbons (Fsp3) is 0.552. The van der Waals surface area contributed by atoms with Crippen molar-refractivity contribution in [1.82, 2.24) is 20.6 Å². The van der Waals surface area contributed by atoms with Gasteiger partial charge in [0, 0.05) is 59.6 Å². The number of hydrogen-bond donors (Lipinski definition) is 3. The number of benzene rings is 1. The second kappa shape index (κ2) is 14.8. The largest absolute Gasteiger partial charge is 0.379 e. The summed E-state index contributed by atoms with van der Waals surface area (Å²) in [6, 6.07) is 8.32. The van der Waals surface area contributed by atoms with E-state index in [2.05, 4.69) is 59.6 Å². The fourth-order valence-corrected chi connectivity index (χ4v) is 3.79. The number of carbonyl (C=O) groups is 2. The van der Waals surface area contributed by atoms with Crippen LogP contribution in [0.5, 0.6) is 0 Å². The molecule has 3 rings (SSSR count). The third-order valence-corrected chi connectivity index (χ3v) is 6.57. The van der Waals surface area contributed by atoms with E-state index in [1.54, 1.807) is 6.20 Å². The first-order chi connectivity index (χ1) is 18.2. The van der Waals surface area contributed by atoms with Crippen LogP contribution in [0.15, 0.2) is 36.7 Å². The van der Waals surface area contributed by atoms with Gasteiger partial charge in [-0.15, -0.1) is 0 Å². The number of nitrogens with zero attached hydrogens (tertiary/aromatic N) is 1. The van der Waals surface area contributed by atoms with Gasteiger partial charge in [-0.3, -0.25) is 14.6 Å². The third kappa shape index (κ3) is 9.70. The molecule has 38 heavy (non-hydrogen) atoms. The molecule has 0 aliphatic carbocycles. The maximum atomic E-state index is 12.2. The molecule has 0 radical (unpaired) electrons. The van der Waals surface area contributed by atoms with Crippen molar-refractivity contribution in [3.8, 4) is 0 Å². The summed E-state index contributed by atoms with van der Waals surface area (Å²) in [6.45, 7) is 11.3. The van der Waals surface area contributed by atoms with Crippen molar-refractivity contribution in [3.05, 3.63) is 42.2 Å². The second-order valence-corrected chi connectivity index (χ2v) is 10.5. The van der Waals surface area contributed by atoms with Gasteiger partial charge in [0.05, 0.1) is 39.6 Å². The predicted molar refractivity (Wildman–Crippen MR) is 149 cm³/mol. The molecular formula is C29H42N4O5. The Morgan fingerprint density at radius 3 is 2.34 bits per heavy atom. The number of aromatic amines is 1. The third-order valence-electron chi connectivity index (χ3n) is 6.57. The van der Waals surface area contributed by atoms with Crippen LogP contribution < -0.4 is 10.6 Å². The first-order valence-electron chi connectivity index (χ1n) is 13.4. The summed E-state index contributed by atoms with van der Waals surface area (Å²) in [4.78, 5) is 31.7. The fourth-order valence-electron chi connectivity index (χ4n) is 3.79. The molecule has 2 aromatic heterocycles. The molecule has 0 aliphatic heterocycles. The van der Waals surface area contributed by atoms with Crippen LogP contribution in [-0.4, -0.2) is 74.0 Å². The van der Waals surface area contributed by atoms with E-state index in [0.717, 1.165) is 27.4 Å². The number of H-pyrrole nitrogens is 1. The van der Waals surface area contributed by atoms with Crippen LogP contribution in [0.4, 0.5) is 0 Å². The predicted octanol–water partition coefficient (Wildman–Crippen LogP) is 3.76. The van der Waals surface area contributed by atoms with Gasteiger partial charge in [-0.05, 0) is 36.5 Å². The lowest BCUT2D eigenvalue weighted by molar-refractivity contribution is -0.124. The molecule has 2 heterocycles. The van der Waals surface area contributed by atoms with Crippen LogP contribution in [0.1, 0.15) is 46.1 Å². The highest BCUT2D eigenvalue weighted by atomic mass is 16.5. The smallest absolute Gasteiger partial charge is 0.222 e. The average molecular weight is 527 g/mol. The first kappa shape index (κ1) is 29.5. The Labute approximate surface area is 225 Å². The minimum absolute atomic E-state index is 0.00124. The van der Waals surface area contributed by atoms with Crippen LogP contribution in [0, 0.1) is 5.41 Å². The number of carbonyl (C=O) groups excluding carboxylic acids is 2. The van der Waals surface area contributed by atoms with Gasteiger partial charge in [0.2, 0.25) is 11.8 Å². The number of ether oxygens (including phenoxy) is 3. The zero-order valence-corrected chi connectivity index (χ0v) is 23.1. The summed E-state index contributed by atoms with van der Waals surface area (Å²) in [6.07, 6.45) is 5.08. The Morgan fingerprint density at radius 1 is 0.895 bits per heavy atom. The van der Waals surface area contributed by atoms with Gasteiger partial charge >= 0.3 is 0 Å². The minimum atomic E-state index is -0.00124. The Hall–Kier alpha value is -3.01. The summed E-state index contributed by atoms with van der Waals surface area (Å²) >= 11 is 0. The summed E-state index contributed by atoms with van der Waals surface area (Å²) in [5.41, 5.74) is 3.27. The number of rotatable bonds is 16. The normalized spacial score (nSPS) is 12.6. The van der Waals surface area contributed by atoms with Crippen molar-refractivity contribution in [1.29, 1.82) is 0 Å². The van der Waals surface area contributed by atoms with E-state index in [9.17, 15) is 9.59 Å². The van der Waals surface area contributed by atoms with Crippen molar-refractivity contribution in [2.45, 2.75) is 53.0 Å². The molecule has 0 unspecified atom stereocenters. The zero-order chi connectivity index (χ0) is 27.4.